The predicted molar refractivity (Wildman–Crippen MR) is 177 cm³/mol. The summed E-state index contributed by atoms with van der Waals surface area (Å²) in [5.74, 6) is -2.64. The molecular formula is C36H50F2N6O. The predicted octanol–water partition coefficient (Wildman–Crippen LogP) is 7.39. The molecule has 1 atom stereocenters. The Morgan fingerprint density at radius 3 is 2.42 bits per heavy atom. The van der Waals surface area contributed by atoms with Crippen molar-refractivity contribution in [1.29, 1.82) is 0 Å². The molecule has 2 saturated heterocycles. The summed E-state index contributed by atoms with van der Waals surface area (Å²) in [6, 6.07) is 9.15. The standard InChI is InChI=1S/C36H50F2N6O/c1-24(2)44-20-13-26(14-21-44)32-23-30-33-31(40-32)12-7-5-4-6-8-17-43-18-15-28(16-19-43)36(37,38)29-11-9-10-27(22-29)25(3)39-34(30)41-42-35(33)45/h9-11,22-26,28H,4-8,12-21H2,1-3H3,(H,39,41)(H,42,45)/t25-/m1/s1. The zero-order chi connectivity index (χ0) is 31.6. The van der Waals surface area contributed by atoms with Crippen LogP contribution in [0.4, 0.5) is 14.6 Å². The van der Waals surface area contributed by atoms with Gasteiger partial charge in [-0.25, -0.2) is 13.9 Å². The van der Waals surface area contributed by atoms with E-state index in [2.05, 4.69) is 45.2 Å². The summed E-state index contributed by atoms with van der Waals surface area (Å²) in [6.45, 7) is 11.0. The van der Waals surface area contributed by atoms with E-state index in [1.54, 1.807) is 18.2 Å². The highest BCUT2D eigenvalue weighted by atomic mass is 19.3. The molecule has 2 N–H and O–H groups in total. The number of aromatic nitrogens is 3. The Hall–Kier alpha value is -2.91. The fraction of sp³-hybridized carbons (Fsp3) is 0.639. The molecule has 0 spiro atoms. The minimum atomic E-state index is -2.88. The number of halogens is 2. The van der Waals surface area contributed by atoms with Crippen LogP contribution in [-0.2, 0) is 12.3 Å². The summed E-state index contributed by atoms with van der Waals surface area (Å²) in [7, 11) is 0. The maximum Gasteiger partial charge on any atom is 0.276 e. The monoisotopic (exact) mass is 620 g/mol. The van der Waals surface area contributed by atoms with Crippen molar-refractivity contribution in [2.24, 2.45) is 5.92 Å². The number of anilines is 1. The number of rotatable bonds is 2. The van der Waals surface area contributed by atoms with Crippen molar-refractivity contribution in [3.05, 3.63) is 63.2 Å². The molecule has 0 aliphatic carbocycles. The summed E-state index contributed by atoms with van der Waals surface area (Å²) in [5.41, 5.74) is 2.51. The molecule has 3 aromatic rings. The number of piperidine rings is 2. The first-order chi connectivity index (χ1) is 21.7. The molecule has 0 unspecified atom stereocenters. The largest absolute Gasteiger partial charge is 0.362 e. The van der Waals surface area contributed by atoms with Gasteiger partial charge in [-0.15, -0.1) is 0 Å². The van der Waals surface area contributed by atoms with Crippen molar-refractivity contribution in [2.75, 3.05) is 38.0 Å². The fourth-order valence-corrected chi connectivity index (χ4v) is 7.71. The molecule has 7 nitrogen and oxygen atoms in total. The molecular weight excluding hydrogens is 570 g/mol. The first-order valence-electron chi connectivity index (χ1n) is 17.3. The van der Waals surface area contributed by atoms with Crippen LogP contribution in [0.5, 0.6) is 0 Å². The Bertz CT molecular complexity index is 1510. The summed E-state index contributed by atoms with van der Waals surface area (Å²) in [5, 5.41) is 12.0. The van der Waals surface area contributed by atoms with Gasteiger partial charge in [-0.05, 0) is 116 Å². The third-order valence-electron chi connectivity index (χ3n) is 10.7. The van der Waals surface area contributed by atoms with E-state index in [0.29, 0.717) is 36.0 Å². The first kappa shape index (κ1) is 32.0. The number of fused-ring (bicyclic) bond motifs is 9. The van der Waals surface area contributed by atoms with Crippen LogP contribution in [0.2, 0.25) is 0 Å². The van der Waals surface area contributed by atoms with Gasteiger partial charge in [-0.2, -0.15) is 5.10 Å². The van der Waals surface area contributed by atoms with Crippen LogP contribution in [-0.4, -0.2) is 63.7 Å². The molecule has 4 aliphatic rings. The second kappa shape index (κ2) is 13.8. The van der Waals surface area contributed by atoms with Crippen molar-refractivity contribution in [3.8, 4) is 0 Å². The minimum Gasteiger partial charge on any atom is -0.362 e. The molecule has 4 aliphatic heterocycles. The molecule has 6 heterocycles. The van der Waals surface area contributed by atoms with Crippen molar-refractivity contribution in [2.45, 2.75) is 109 Å². The first-order valence-corrected chi connectivity index (χ1v) is 17.3. The Labute approximate surface area is 266 Å². The van der Waals surface area contributed by atoms with Gasteiger partial charge in [0.05, 0.1) is 17.1 Å². The number of hydrogen-bond donors (Lipinski definition) is 2. The van der Waals surface area contributed by atoms with Gasteiger partial charge in [0.1, 0.15) is 0 Å². The zero-order valence-electron chi connectivity index (χ0n) is 27.3. The van der Waals surface area contributed by atoms with Crippen LogP contribution in [0.1, 0.15) is 113 Å². The zero-order valence-corrected chi connectivity index (χ0v) is 27.3. The van der Waals surface area contributed by atoms with Crippen LogP contribution in [0, 0.1) is 5.92 Å². The number of nitrogens with one attached hydrogen (secondary N) is 2. The van der Waals surface area contributed by atoms with Crippen molar-refractivity contribution in [1.82, 2.24) is 25.0 Å². The van der Waals surface area contributed by atoms with E-state index in [1.165, 1.54) is 0 Å². The number of benzene rings is 1. The molecule has 7 rings (SSSR count). The lowest BCUT2D eigenvalue weighted by Crippen LogP contribution is -2.40. The minimum absolute atomic E-state index is 0.0822. The number of alkyl halides is 2. The van der Waals surface area contributed by atoms with Crippen molar-refractivity contribution >= 4 is 16.6 Å². The third kappa shape index (κ3) is 7.09. The highest BCUT2D eigenvalue weighted by Crippen LogP contribution is 2.42. The molecule has 9 heteroatoms. The van der Waals surface area contributed by atoms with E-state index < -0.39 is 11.8 Å². The average Bonchev–Trinajstić information content (AvgIpc) is 3.05. The molecule has 0 radical (unpaired) electrons. The normalized spacial score (nSPS) is 25.7. The number of aromatic amines is 1. The van der Waals surface area contributed by atoms with Crippen molar-refractivity contribution in [3.63, 3.8) is 0 Å². The van der Waals surface area contributed by atoms with Gasteiger partial charge in [0.15, 0.2) is 5.82 Å². The highest BCUT2D eigenvalue weighted by molar-refractivity contribution is 5.93. The maximum atomic E-state index is 15.9. The van der Waals surface area contributed by atoms with Gasteiger partial charge in [-0.3, -0.25) is 9.78 Å². The van der Waals surface area contributed by atoms with E-state index in [-0.39, 0.29) is 17.2 Å². The van der Waals surface area contributed by atoms with Gasteiger partial charge in [0.25, 0.3) is 11.5 Å². The van der Waals surface area contributed by atoms with Crippen LogP contribution in [0.15, 0.2) is 35.1 Å². The number of aryl methyl sites for hydroxylation is 1. The second-order valence-corrected chi connectivity index (χ2v) is 14.0. The van der Waals surface area contributed by atoms with Crippen LogP contribution < -0.4 is 10.9 Å². The SMILES string of the molecule is CC(C)N1CCC(c2cc3c4n[nH]c(=O)c3c(n2)CCCCCCCN2CCC(CC2)C(F)(F)c2cccc(c2)[C@@H](C)N4)CC1. The number of likely N-dealkylation sites (tertiary alicyclic amines) is 1. The van der Waals surface area contributed by atoms with Gasteiger partial charge < -0.3 is 15.1 Å². The Morgan fingerprint density at radius 1 is 0.933 bits per heavy atom. The average molecular weight is 621 g/mol. The van der Waals surface area contributed by atoms with Gasteiger partial charge in [-0.1, -0.05) is 37.5 Å². The molecule has 1 aromatic carbocycles. The number of nitrogens with zero attached hydrogens (tertiary/aromatic N) is 4. The highest BCUT2D eigenvalue weighted by Gasteiger charge is 2.42. The molecule has 0 amide bonds. The van der Waals surface area contributed by atoms with Crippen LogP contribution >= 0.6 is 0 Å². The number of H-pyrrole nitrogens is 1. The Balaban J connectivity index is 1.36. The lowest BCUT2D eigenvalue weighted by Gasteiger charge is -2.36. The molecule has 2 aromatic heterocycles. The summed E-state index contributed by atoms with van der Waals surface area (Å²) >= 11 is 0. The third-order valence-corrected chi connectivity index (χ3v) is 10.7. The van der Waals surface area contributed by atoms with Crippen molar-refractivity contribution < 1.29 is 8.78 Å². The molecule has 244 valence electrons. The lowest BCUT2D eigenvalue weighted by atomic mass is 9.85. The van der Waals surface area contributed by atoms with E-state index >= 15 is 8.78 Å². The lowest BCUT2D eigenvalue weighted by molar-refractivity contribution is -0.0855. The van der Waals surface area contributed by atoms with E-state index in [1.807, 2.05) is 13.0 Å². The van der Waals surface area contributed by atoms with Gasteiger partial charge in [0, 0.05) is 34.5 Å². The quantitative estimate of drug-likeness (QED) is 0.311. The summed E-state index contributed by atoms with van der Waals surface area (Å²) < 4.78 is 31.8. The molecule has 0 saturated carbocycles. The topological polar surface area (TPSA) is 77.2 Å². The molecule has 8 bridgehead atoms. The van der Waals surface area contributed by atoms with E-state index in [4.69, 9.17) is 4.98 Å². The maximum absolute atomic E-state index is 15.9. The number of pyridine rings is 1. The summed E-state index contributed by atoms with van der Waals surface area (Å²) in [6.07, 6.45) is 9.25. The molecule has 45 heavy (non-hydrogen) atoms. The second-order valence-electron chi connectivity index (χ2n) is 14.0. The number of hydrogen-bond acceptors (Lipinski definition) is 6. The van der Waals surface area contributed by atoms with Gasteiger partial charge >= 0.3 is 0 Å². The fourth-order valence-electron chi connectivity index (χ4n) is 7.71. The van der Waals surface area contributed by atoms with Crippen LogP contribution in [0.3, 0.4) is 0 Å². The van der Waals surface area contributed by atoms with Gasteiger partial charge in [0.2, 0.25) is 0 Å². The Morgan fingerprint density at radius 2 is 1.67 bits per heavy atom. The molecule has 2 fully saturated rings. The van der Waals surface area contributed by atoms with E-state index in [9.17, 15) is 4.79 Å². The van der Waals surface area contributed by atoms with E-state index in [0.717, 1.165) is 106 Å². The Kier molecular flexibility index (Phi) is 9.85. The smallest absolute Gasteiger partial charge is 0.276 e. The summed E-state index contributed by atoms with van der Waals surface area (Å²) in [4.78, 5) is 23.4. The van der Waals surface area contributed by atoms with Crippen LogP contribution in [0.25, 0.3) is 10.8 Å².